The van der Waals surface area contributed by atoms with Crippen LogP contribution in [0.25, 0.3) is 10.9 Å². The van der Waals surface area contributed by atoms with E-state index in [1.165, 1.54) is 12.1 Å². The molecule has 3 rings (SSSR count). The summed E-state index contributed by atoms with van der Waals surface area (Å²) >= 11 is 5.91. The highest BCUT2D eigenvalue weighted by atomic mass is 35.5. The van der Waals surface area contributed by atoms with Crippen LogP contribution in [0.4, 0.5) is 5.69 Å². The lowest BCUT2D eigenvalue weighted by Crippen LogP contribution is -2.13. The fraction of sp³-hybridized carbons (Fsp3) is 0.111. The molecule has 0 atom stereocenters. The van der Waals surface area contributed by atoms with Crippen LogP contribution in [0.15, 0.2) is 42.5 Å². The second kappa shape index (κ2) is 5.89. The average molecular weight is 327 g/mol. The zero-order valence-corrected chi connectivity index (χ0v) is 13.5. The summed E-state index contributed by atoms with van der Waals surface area (Å²) in [5.41, 5.74) is 3.34. The van der Waals surface area contributed by atoms with Gasteiger partial charge in [0.1, 0.15) is 5.75 Å². The van der Waals surface area contributed by atoms with Crippen LogP contribution < -0.4 is 5.32 Å². The number of pyridine rings is 1. The van der Waals surface area contributed by atoms with Crippen molar-refractivity contribution >= 4 is 34.1 Å². The molecular formula is C18H15ClN2O2. The van der Waals surface area contributed by atoms with Crippen molar-refractivity contribution in [3.8, 4) is 5.75 Å². The van der Waals surface area contributed by atoms with Gasteiger partial charge in [-0.2, -0.15) is 0 Å². The number of anilines is 1. The SMILES string of the molecule is Cc1ccc2nc(C)cc(C(=O)Nc3cc(Cl)ccc3O)c2c1. The van der Waals surface area contributed by atoms with E-state index in [1.807, 2.05) is 32.0 Å². The molecule has 0 unspecified atom stereocenters. The number of halogens is 1. The van der Waals surface area contributed by atoms with Crippen LogP contribution >= 0.6 is 11.6 Å². The molecule has 23 heavy (non-hydrogen) atoms. The van der Waals surface area contributed by atoms with Crippen LogP contribution in [-0.4, -0.2) is 16.0 Å². The minimum absolute atomic E-state index is 0.0333. The minimum atomic E-state index is -0.316. The molecule has 2 aromatic carbocycles. The van der Waals surface area contributed by atoms with Gasteiger partial charge < -0.3 is 10.4 Å². The van der Waals surface area contributed by atoms with Crippen molar-refractivity contribution in [3.05, 3.63) is 64.3 Å². The number of hydrogen-bond donors (Lipinski definition) is 2. The molecule has 0 aliphatic heterocycles. The third kappa shape index (κ3) is 3.12. The molecule has 0 spiro atoms. The van der Waals surface area contributed by atoms with Crippen molar-refractivity contribution in [1.29, 1.82) is 0 Å². The number of phenolic OH excluding ortho intramolecular Hbond substituents is 1. The average Bonchev–Trinajstić information content (AvgIpc) is 2.50. The maximum absolute atomic E-state index is 12.7. The summed E-state index contributed by atoms with van der Waals surface area (Å²) in [6.45, 7) is 3.80. The monoisotopic (exact) mass is 326 g/mol. The molecule has 0 aliphatic carbocycles. The Bertz CT molecular complexity index is 922. The van der Waals surface area contributed by atoms with Gasteiger partial charge in [0.15, 0.2) is 0 Å². The molecule has 5 heteroatoms. The maximum atomic E-state index is 12.7. The number of carbonyl (C=O) groups excluding carboxylic acids is 1. The summed E-state index contributed by atoms with van der Waals surface area (Å²) in [5.74, 6) is -0.349. The van der Waals surface area contributed by atoms with E-state index in [1.54, 1.807) is 12.1 Å². The number of hydrogen-bond acceptors (Lipinski definition) is 3. The lowest BCUT2D eigenvalue weighted by Gasteiger charge is -2.11. The maximum Gasteiger partial charge on any atom is 0.256 e. The highest BCUT2D eigenvalue weighted by molar-refractivity contribution is 6.31. The smallest absolute Gasteiger partial charge is 0.256 e. The zero-order chi connectivity index (χ0) is 16.6. The number of aromatic nitrogens is 1. The number of rotatable bonds is 2. The predicted octanol–water partition coefficient (Wildman–Crippen LogP) is 4.46. The molecule has 0 saturated heterocycles. The summed E-state index contributed by atoms with van der Waals surface area (Å²) in [5, 5.41) is 13.8. The fourth-order valence-corrected chi connectivity index (χ4v) is 2.63. The van der Waals surface area contributed by atoms with E-state index in [-0.39, 0.29) is 17.3 Å². The van der Waals surface area contributed by atoms with Crippen LogP contribution in [0.3, 0.4) is 0 Å². The Morgan fingerprint density at radius 3 is 2.70 bits per heavy atom. The molecule has 1 aromatic heterocycles. The molecule has 0 fully saturated rings. The molecule has 2 N–H and O–H groups in total. The van der Waals surface area contributed by atoms with Gasteiger partial charge in [-0.3, -0.25) is 9.78 Å². The van der Waals surface area contributed by atoms with Crippen molar-refractivity contribution in [2.45, 2.75) is 13.8 Å². The van der Waals surface area contributed by atoms with E-state index in [2.05, 4.69) is 10.3 Å². The quantitative estimate of drug-likeness (QED) is 0.683. The van der Waals surface area contributed by atoms with E-state index >= 15 is 0 Å². The van der Waals surface area contributed by atoms with E-state index in [4.69, 9.17) is 11.6 Å². The highest BCUT2D eigenvalue weighted by Gasteiger charge is 2.14. The Balaban J connectivity index is 2.07. The van der Waals surface area contributed by atoms with Gasteiger partial charge in [0.2, 0.25) is 0 Å². The first-order valence-corrected chi connectivity index (χ1v) is 7.50. The van der Waals surface area contributed by atoms with E-state index in [9.17, 15) is 9.90 Å². The predicted molar refractivity (Wildman–Crippen MR) is 92.3 cm³/mol. The standard InChI is InChI=1S/C18H15ClN2O2/c1-10-3-5-15-13(7-10)14(8-11(2)20-15)18(23)21-16-9-12(19)4-6-17(16)22/h3-9,22H,1-2H3,(H,21,23). The number of amides is 1. The molecule has 116 valence electrons. The molecule has 0 radical (unpaired) electrons. The Morgan fingerprint density at radius 2 is 1.91 bits per heavy atom. The van der Waals surface area contributed by atoms with Crippen LogP contribution in [-0.2, 0) is 0 Å². The normalized spacial score (nSPS) is 10.7. The van der Waals surface area contributed by atoms with E-state index < -0.39 is 0 Å². The number of fused-ring (bicyclic) bond motifs is 1. The Labute approximate surface area is 138 Å². The van der Waals surface area contributed by atoms with Crippen molar-refractivity contribution in [1.82, 2.24) is 4.98 Å². The second-order valence-corrected chi connectivity index (χ2v) is 5.88. The first-order chi connectivity index (χ1) is 10.9. The Morgan fingerprint density at radius 1 is 1.13 bits per heavy atom. The summed E-state index contributed by atoms with van der Waals surface area (Å²) in [4.78, 5) is 17.1. The molecule has 3 aromatic rings. The third-order valence-corrected chi connectivity index (χ3v) is 3.78. The molecule has 0 bridgehead atoms. The summed E-state index contributed by atoms with van der Waals surface area (Å²) in [6, 6.07) is 12.0. The van der Waals surface area contributed by atoms with Crippen molar-refractivity contribution < 1.29 is 9.90 Å². The molecule has 1 heterocycles. The number of aryl methyl sites for hydroxylation is 2. The fourth-order valence-electron chi connectivity index (χ4n) is 2.46. The summed E-state index contributed by atoms with van der Waals surface area (Å²) < 4.78 is 0. The van der Waals surface area contributed by atoms with Gasteiger partial charge in [-0.1, -0.05) is 23.2 Å². The number of nitrogens with zero attached hydrogens (tertiary/aromatic N) is 1. The lowest BCUT2D eigenvalue weighted by atomic mass is 10.0. The van der Waals surface area contributed by atoms with Gasteiger partial charge in [-0.25, -0.2) is 0 Å². The first-order valence-electron chi connectivity index (χ1n) is 7.12. The molecule has 4 nitrogen and oxygen atoms in total. The first kappa shape index (κ1) is 15.3. The number of phenols is 1. The second-order valence-electron chi connectivity index (χ2n) is 5.45. The molecular weight excluding hydrogens is 312 g/mol. The summed E-state index contributed by atoms with van der Waals surface area (Å²) in [7, 11) is 0. The zero-order valence-electron chi connectivity index (χ0n) is 12.7. The number of carbonyl (C=O) groups is 1. The van der Waals surface area contributed by atoms with Crippen molar-refractivity contribution in [3.63, 3.8) is 0 Å². The van der Waals surface area contributed by atoms with Crippen LogP contribution in [0, 0.1) is 13.8 Å². The van der Waals surface area contributed by atoms with Crippen molar-refractivity contribution in [2.75, 3.05) is 5.32 Å². The van der Waals surface area contributed by atoms with Gasteiger partial charge in [0.05, 0.1) is 16.8 Å². The van der Waals surface area contributed by atoms with E-state index in [0.717, 1.165) is 22.2 Å². The molecule has 0 aliphatic rings. The van der Waals surface area contributed by atoms with E-state index in [0.29, 0.717) is 10.6 Å². The van der Waals surface area contributed by atoms with Crippen LogP contribution in [0.5, 0.6) is 5.75 Å². The largest absolute Gasteiger partial charge is 0.506 e. The third-order valence-electron chi connectivity index (χ3n) is 3.54. The summed E-state index contributed by atoms with van der Waals surface area (Å²) in [6.07, 6.45) is 0. The molecule has 1 amide bonds. The Hall–Kier alpha value is -2.59. The van der Waals surface area contributed by atoms with Crippen LogP contribution in [0.2, 0.25) is 5.02 Å². The van der Waals surface area contributed by atoms with Crippen LogP contribution in [0.1, 0.15) is 21.6 Å². The van der Waals surface area contributed by atoms with Gasteiger partial charge >= 0.3 is 0 Å². The van der Waals surface area contributed by atoms with Gasteiger partial charge in [-0.15, -0.1) is 0 Å². The topological polar surface area (TPSA) is 62.2 Å². The number of aromatic hydroxyl groups is 1. The van der Waals surface area contributed by atoms with Crippen molar-refractivity contribution in [2.24, 2.45) is 0 Å². The van der Waals surface area contributed by atoms with Gasteiger partial charge in [0, 0.05) is 16.1 Å². The van der Waals surface area contributed by atoms with Gasteiger partial charge in [-0.05, 0) is 50.2 Å². The number of benzene rings is 2. The number of nitrogens with one attached hydrogen (secondary N) is 1. The van der Waals surface area contributed by atoms with Gasteiger partial charge in [0.25, 0.3) is 5.91 Å². The lowest BCUT2D eigenvalue weighted by molar-refractivity contribution is 0.102. The molecule has 0 saturated carbocycles. The minimum Gasteiger partial charge on any atom is -0.506 e. The highest BCUT2D eigenvalue weighted by Crippen LogP contribution is 2.28. The Kier molecular flexibility index (Phi) is 3.92.